The second-order valence-electron chi connectivity index (χ2n) is 6.99. The van der Waals surface area contributed by atoms with E-state index in [0.717, 1.165) is 0 Å². The summed E-state index contributed by atoms with van der Waals surface area (Å²) in [6.07, 6.45) is -1.06. The fourth-order valence-electron chi connectivity index (χ4n) is 3.05. The zero-order valence-corrected chi connectivity index (χ0v) is 18.9. The number of amides is 1. The maximum atomic E-state index is 13.3. The van der Waals surface area contributed by atoms with Crippen molar-refractivity contribution in [2.24, 2.45) is 0 Å². The summed E-state index contributed by atoms with van der Waals surface area (Å²) in [4.78, 5) is 26.3. The molecule has 0 radical (unpaired) electrons. The molecule has 7 nitrogen and oxygen atoms in total. The number of rotatable bonds is 9. The lowest BCUT2D eigenvalue weighted by Gasteiger charge is -2.22. The highest BCUT2D eigenvalue weighted by Crippen LogP contribution is 2.17. The van der Waals surface area contributed by atoms with Gasteiger partial charge in [-0.15, -0.1) is 0 Å². The van der Waals surface area contributed by atoms with E-state index in [1.165, 1.54) is 59.6 Å². The molecule has 0 aliphatic rings. The van der Waals surface area contributed by atoms with E-state index in [9.17, 15) is 22.4 Å². The number of esters is 1. The summed E-state index contributed by atoms with van der Waals surface area (Å²) < 4.78 is 44.9. The molecule has 0 fully saturated rings. The first-order valence-corrected chi connectivity index (χ1v) is 11.3. The summed E-state index contributed by atoms with van der Waals surface area (Å²) in [6.45, 7) is 5.78. The Balaban J connectivity index is 2.02. The lowest BCUT2D eigenvalue weighted by molar-refractivity contribution is -0.139. The normalized spacial score (nSPS) is 12.5. The van der Waals surface area contributed by atoms with Gasteiger partial charge in [-0.3, -0.25) is 4.79 Å². The van der Waals surface area contributed by atoms with Crippen LogP contribution in [0.1, 0.15) is 36.7 Å². The van der Waals surface area contributed by atoms with Crippen molar-refractivity contribution in [2.75, 3.05) is 20.1 Å². The van der Waals surface area contributed by atoms with Gasteiger partial charge in [0, 0.05) is 26.7 Å². The number of benzene rings is 2. The molecule has 2 aromatic rings. The highest BCUT2D eigenvalue weighted by molar-refractivity contribution is 7.89. The van der Waals surface area contributed by atoms with Gasteiger partial charge >= 0.3 is 5.97 Å². The topological polar surface area (TPSA) is 84.0 Å². The van der Waals surface area contributed by atoms with Crippen molar-refractivity contribution in [1.82, 2.24) is 9.21 Å². The Morgan fingerprint density at radius 3 is 2.23 bits per heavy atom. The van der Waals surface area contributed by atoms with Gasteiger partial charge in [0.1, 0.15) is 5.82 Å². The smallest absolute Gasteiger partial charge is 0.338 e. The fourth-order valence-corrected chi connectivity index (χ4v) is 4.51. The Morgan fingerprint density at radius 1 is 1.06 bits per heavy atom. The number of carbonyl (C=O) groups is 2. The Kier molecular flexibility index (Phi) is 8.29. The van der Waals surface area contributed by atoms with E-state index in [-0.39, 0.29) is 17.0 Å². The molecule has 0 saturated carbocycles. The van der Waals surface area contributed by atoms with Crippen LogP contribution in [0.2, 0.25) is 0 Å². The molecular formula is C22H27FN2O5S. The SMILES string of the molecule is CCN(CC)S(=O)(=O)c1ccc(C(=O)OC(C)C(=O)N(C)Cc2cccc(F)c2)cc1. The van der Waals surface area contributed by atoms with Gasteiger partial charge in [-0.1, -0.05) is 26.0 Å². The number of hydrogen-bond acceptors (Lipinski definition) is 5. The van der Waals surface area contributed by atoms with Crippen LogP contribution in [0.25, 0.3) is 0 Å². The second kappa shape index (κ2) is 10.5. The van der Waals surface area contributed by atoms with E-state index in [1.807, 2.05) is 0 Å². The first kappa shape index (κ1) is 24.5. The van der Waals surface area contributed by atoms with Crippen LogP contribution >= 0.6 is 0 Å². The summed E-state index contributed by atoms with van der Waals surface area (Å²) in [5, 5.41) is 0. The van der Waals surface area contributed by atoms with Crippen LogP contribution in [0, 0.1) is 5.82 Å². The van der Waals surface area contributed by atoms with E-state index >= 15 is 0 Å². The molecular weight excluding hydrogens is 423 g/mol. The lowest BCUT2D eigenvalue weighted by Crippen LogP contribution is -2.37. The van der Waals surface area contributed by atoms with Crippen LogP contribution in [0.3, 0.4) is 0 Å². The molecule has 0 aliphatic carbocycles. The molecule has 0 heterocycles. The van der Waals surface area contributed by atoms with Crippen LogP contribution in [-0.2, 0) is 26.1 Å². The minimum atomic E-state index is -3.63. The Morgan fingerprint density at radius 2 is 1.68 bits per heavy atom. The Bertz CT molecular complexity index is 1020. The predicted octanol–water partition coefficient (Wildman–Crippen LogP) is 3.06. The van der Waals surface area contributed by atoms with Crippen molar-refractivity contribution < 1.29 is 27.1 Å². The van der Waals surface area contributed by atoms with Gasteiger partial charge in [0.25, 0.3) is 5.91 Å². The number of sulfonamides is 1. The Labute approximate surface area is 182 Å². The van der Waals surface area contributed by atoms with E-state index in [4.69, 9.17) is 4.74 Å². The predicted molar refractivity (Wildman–Crippen MR) is 114 cm³/mol. The van der Waals surface area contributed by atoms with Gasteiger partial charge in [-0.05, 0) is 48.9 Å². The van der Waals surface area contributed by atoms with Crippen LogP contribution in [-0.4, -0.2) is 55.7 Å². The number of nitrogens with zero attached hydrogens (tertiary/aromatic N) is 2. The molecule has 0 N–H and O–H groups in total. The monoisotopic (exact) mass is 450 g/mol. The van der Waals surface area contributed by atoms with Crippen LogP contribution < -0.4 is 0 Å². The van der Waals surface area contributed by atoms with Gasteiger partial charge < -0.3 is 9.64 Å². The molecule has 1 unspecified atom stereocenters. The molecule has 31 heavy (non-hydrogen) atoms. The van der Waals surface area contributed by atoms with Crippen molar-refractivity contribution in [3.63, 3.8) is 0 Å². The van der Waals surface area contributed by atoms with Gasteiger partial charge in [-0.25, -0.2) is 17.6 Å². The van der Waals surface area contributed by atoms with Crippen LogP contribution in [0.4, 0.5) is 4.39 Å². The summed E-state index contributed by atoms with van der Waals surface area (Å²) in [5.41, 5.74) is 0.741. The molecule has 0 spiro atoms. The quantitative estimate of drug-likeness (QED) is 0.549. The number of likely N-dealkylation sites (N-methyl/N-ethyl adjacent to an activating group) is 1. The largest absolute Gasteiger partial charge is 0.449 e. The molecule has 168 valence electrons. The molecule has 0 aromatic heterocycles. The lowest BCUT2D eigenvalue weighted by atomic mass is 10.2. The van der Waals surface area contributed by atoms with E-state index < -0.39 is 33.8 Å². The molecule has 0 bridgehead atoms. The average Bonchev–Trinajstić information content (AvgIpc) is 2.73. The maximum Gasteiger partial charge on any atom is 0.338 e. The minimum Gasteiger partial charge on any atom is -0.449 e. The number of ether oxygens (including phenoxy) is 1. The van der Waals surface area contributed by atoms with E-state index in [0.29, 0.717) is 18.7 Å². The van der Waals surface area contributed by atoms with Crippen molar-refractivity contribution in [2.45, 2.75) is 38.3 Å². The molecule has 0 saturated heterocycles. The first-order valence-electron chi connectivity index (χ1n) is 9.90. The maximum absolute atomic E-state index is 13.3. The molecule has 9 heteroatoms. The van der Waals surface area contributed by atoms with Crippen molar-refractivity contribution >= 4 is 21.9 Å². The third-order valence-electron chi connectivity index (χ3n) is 4.75. The number of halogens is 1. The minimum absolute atomic E-state index is 0.0756. The van der Waals surface area contributed by atoms with Crippen molar-refractivity contribution in [3.8, 4) is 0 Å². The van der Waals surface area contributed by atoms with Crippen molar-refractivity contribution in [3.05, 3.63) is 65.5 Å². The highest BCUT2D eigenvalue weighted by Gasteiger charge is 2.24. The number of hydrogen-bond donors (Lipinski definition) is 0. The first-order chi connectivity index (χ1) is 14.6. The second-order valence-corrected chi connectivity index (χ2v) is 8.92. The van der Waals surface area contributed by atoms with Gasteiger partial charge in [0.2, 0.25) is 10.0 Å². The third-order valence-corrected chi connectivity index (χ3v) is 6.81. The van der Waals surface area contributed by atoms with Crippen LogP contribution in [0.15, 0.2) is 53.4 Å². The average molecular weight is 451 g/mol. The van der Waals surface area contributed by atoms with E-state index in [1.54, 1.807) is 26.0 Å². The van der Waals surface area contributed by atoms with Gasteiger partial charge in [-0.2, -0.15) is 4.31 Å². The molecule has 2 aromatic carbocycles. The number of carbonyl (C=O) groups excluding carboxylic acids is 2. The summed E-state index contributed by atoms with van der Waals surface area (Å²) >= 11 is 0. The van der Waals surface area contributed by atoms with Crippen LogP contribution in [0.5, 0.6) is 0 Å². The fraction of sp³-hybridized carbons (Fsp3) is 0.364. The summed E-state index contributed by atoms with van der Waals surface area (Å²) in [6, 6.07) is 11.3. The molecule has 1 amide bonds. The third kappa shape index (κ3) is 6.11. The zero-order chi connectivity index (χ0) is 23.2. The summed E-state index contributed by atoms with van der Waals surface area (Å²) in [7, 11) is -2.10. The van der Waals surface area contributed by atoms with E-state index in [2.05, 4.69) is 0 Å². The Hall–Kier alpha value is -2.78. The van der Waals surface area contributed by atoms with Gasteiger partial charge in [0.05, 0.1) is 10.5 Å². The van der Waals surface area contributed by atoms with Gasteiger partial charge in [0.15, 0.2) is 6.10 Å². The van der Waals surface area contributed by atoms with Crippen molar-refractivity contribution in [1.29, 1.82) is 0 Å². The molecule has 1 atom stereocenters. The molecule has 2 rings (SSSR count). The molecule has 0 aliphatic heterocycles. The summed E-state index contributed by atoms with van der Waals surface area (Å²) in [5.74, 6) is -1.59. The standard InChI is InChI=1S/C22H27FN2O5S/c1-5-25(6-2)31(28,29)20-12-10-18(11-13-20)22(27)30-16(3)21(26)24(4)15-17-8-7-9-19(23)14-17/h7-14,16H,5-6,15H2,1-4H3. The highest BCUT2D eigenvalue weighted by atomic mass is 32.2. The zero-order valence-electron chi connectivity index (χ0n) is 18.0.